The molecule has 5 rings (SSSR count). The van der Waals surface area contributed by atoms with E-state index in [1.54, 1.807) is 32.0 Å². The molecule has 0 saturated heterocycles. The highest BCUT2D eigenvalue weighted by Crippen LogP contribution is 2.47. The van der Waals surface area contributed by atoms with Gasteiger partial charge in [-0.3, -0.25) is 0 Å². The Labute approximate surface area is 266 Å². The van der Waals surface area contributed by atoms with Crippen LogP contribution in [-0.4, -0.2) is 36.2 Å². The second-order valence-electron chi connectivity index (χ2n) is 14.9. The van der Waals surface area contributed by atoms with Crippen molar-refractivity contribution in [2.75, 3.05) is 0 Å². The molecule has 1 aromatic heterocycles. The van der Waals surface area contributed by atoms with Gasteiger partial charge in [-0.25, -0.2) is 14.4 Å². The number of carbonyl (C=O) groups excluding carboxylic acids is 2. The molecular formula is C36H50O9. The summed E-state index contributed by atoms with van der Waals surface area (Å²) in [5.41, 5.74) is -1.21. The Balaban J connectivity index is 1.47. The SMILES string of the molecule is CC(C)[C@H]1CC[C@H](C)C[C@@H]1OC(=O)OC1c2c(ccc3ccc(=O)oc23)OC(C)(C)C1OC(=O)O[C@@H]1C[C@H](C)CC[C@H]1C(C)C. The zero-order valence-corrected chi connectivity index (χ0v) is 28.0. The van der Waals surface area contributed by atoms with E-state index in [1.165, 1.54) is 6.07 Å². The molecule has 2 unspecified atom stereocenters. The molecule has 1 aliphatic heterocycles. The van der Waals surface area contributed by atoms with Gasteiger partial charge in [0.2, 0.25) is 0 Å². The van der Waals surface area contributed by atoms with Crippen molar-refractivity contribution in [3.05, 3.63) is 40.2 Å². The molecular weight excluding hydrogens is 576 g/mol. The number of carbonyl (C=O) groups is 2. The maximum absolute atomic E-state index is 13.6. The third-order valence-electron chi connectivity index (χ3n) is 10.3. The van der Waals surface area contributed by atoms with E-state index in [4.69, 9.17) is 28.1 Å². The molecule has 2 aliphatic carbocycles. The largest absolute Gasteiger partial charge is 0.509 e. The van der Waals surface area contributed by atoms with Crippen molar-refractivity contribution in [1.82, 2.24) is 0 Å². The molecule has 45 heavy (non-hydrogen) atoms. The zero-order chi connectivity index (χ0) is 32.6. The van der Waals surface area contributed by atoms with Crippen molar-refractivity contribution in [2.45, 2.75) is 124 Å². The predicted molar refractivity (Wildman–Crippen MR) is 169 cm³/mol. The van der Waals surface area contributed by atoms with Crippen LogP contribution < -0.4 is 10.4 Å². The summed E-state index contributed by atoms with van der Waals surface area (Å²) in [6.45, 7) is 16.4. The lowest BCUT2D eigenvalue weighted by molar-refractivity contribution is -0.149. The molecule has 2 fully saturated rings. The van der Waals surface area contributed by atoms with Gasteiger partial charge in [0.1, 0.15) is 29.1 Å². The summed E-state index contributed by atoms with van der Waals surface area (Å²) in [6, 6.07) is 6.47. The first-order valence-electron chi connectivity index (χ1n) is 16.7. The minimum absolute atomic E-state index is 0.197. The van der Waals surface area contributed by atoms with Gasteiger partial charge in [0, 0.05) is 11.5 Å². The molecule has 9 nitrogen and oxygen atoms in total. The van der Waals surface area contributed by atoms with Crippen molar-refractivity contribution in [2.24, 2.45) is 35.5 Å². The number of hydrogen-bond donors (Lipinski definition) is 0. The fourth-order valence-corrected chi connectivity index (χ4v) is 7.69. The lowest BCUT2D eigenvalue weighted by atomic mass is 9.75. The van der Waals surface area contributed by atoms with Crippen molar-refractivity contribution in [3.8, 4) is 5.75 Å². The topological polar surface area (TPSA) is 111 Å². The van der Waals surface area contributed by atoms with Crippen LogP contribution in [0.1, 0.15) is 106 Å². The first-order valence-corrected chi connectivity index (χ1v) is 16.7. The third-order valence-corrected chi connectivity index (χ3v) is 10.3. The van der Waals surface area contributed by atoms with Crippen molar-refractivity contribution in [1.29, 1.82) is 0 Å². The number of fused-ring (bicyclic) bond motifs is 3. The maximum Gasteiger partial charge on any atom is 0.509 e. The zero-order valence-electron chi connectivity index (χ0n) is 28.0. The summed E-state index contributed by atoms with van der Waals surface area (Å²) in [5.74, 6) is 2.31. The van der Waals surface area contributed by atoms with Gasteiger partial charge in [-0.15, -0.1) is 0 Å². The van der Waals surface area contributed by atoms with E-state index in [1.807, 2.05) is 0 Å². The van der Waals surface area contributed by atoms with Gasteiger partial charge in [-0.05, 0) is 93.2 Å². The normalized spacial score (nSPS) is 31.2. The molecule has 9 heteroatoms. The van der Waals surface area contributed by atoms with E-state index in [0.29, 0.717) is 40.4 Å². The summed E-state index contributed by atoms with van der Waals surface area (Å²) in [4.78, 5) is 39.5. The van der Waals surface area contributed by atoms with Crippen LogP contribution in [0, 0.1) is 35.5 Å². The lowest BCUT2D eigenvalue weighted by Crippen LogP contribution is -2.52. The predicted octanol–water partition coefficient (Wildman–Crippen LogP) is 8.60. The first kappa shape index (κ1) is 33.1. The molecule has 1 aromatic carbocycles. The van der Waals surface area contributed by atoms with Gasteiger partial charge in [-0.2, -0.15) is 0 Å². The van der Waals surface area contributed by atoms with Crippen LogP contribution in [0.15, 0.2) is 33.5 Å². The van der Waals surface area contributed by atoms with Crippen LogP contribution in [0.25, 0.3) is 11.0 Å². The Morgan fingerprint density at radius 1 is 0.778 bits per heavy atom. The molecule has 3 aliphatic rings. The quantitative estimate of drug-likeness (QED) is 0.230. The van der Waals surface area contributed by atoms with Gasteiger partial charge >= 0.3 is 17.9 Å². The average Bonchev–Trinajstić information content (AvgIpc) is 2.94. The second-order valence-corrected chi connectivity index (χ2v) is 14.9. The summed E-state index contributed by atoms with van der Waals surface area (Å²) >= 11 is 0. The lowest BCUT2D eigenvalue weighted by Gasteiger charge is -2.43. The highest BCUT2D eigenvalue weighted by atomic mass is 16.8. The monoisotopic (exact) mass is 626 g/mol. The van der Waals surface area contributed by atoms with Gasteiger partial charge in [0.25, 0.3) is 0 Å². The van der Waals surface area contributed by atoms with Gasteiger partial charge < -0.3 is 28.1 Å². The fraction of sp³-hybridized carbons (Fsp3) is 0.694. The van der Waals surface area contributed by atoms with E-state index in [9.17, 15) is 14.4 Å². The molecule has 248 valence electrons. The molecule has 0 bridgehead atoms. The summed E-state index contributed by atoms with van der Waals surface area (Å²) in [7, 11) is 0. The van der Waals surface area contributed by atoms with Crippen LogP contribution in [0.3, 0.4) is 0 Å². The second kappa shape index (κ2) is 13.2. The Bertz CT molecular complexity index is 1430. The third kappa shape index (κ3) is 7.28. The average molecular weight is 627 g/mol. The first-order chi connectivity index (χ1) is 21.2. The number of benzene rings is 1. The molecule has 2 aromatic rings. The van der Waals surface area contributed by atoms with E-state index in [-0.39, 0.29) is 29.6 Å². The van der Waals surface area contributed by atoms with Gasteiger partial charge in [-0.1, -0.05) is 54.4 Å². The maximum atomic E-state index is 13.6. The number of ether oxygens (including phenoxy) is 5. The van der Waals surface area contributed by atoms with Crippen molar-refractivity contribution >= 4 is 23.3 Å². The Morgan fingerprint density at radius 2 is 1.31 bits per heavy atom. The van der Waals surface area contributed by atoms with Crippen LogP contribution >= 0.6 is 0 Å². The Hall–Kier alpha value is -3.23. The highest BCUT2D eigenvalue weighted by Gasteiger charge is 2.51. The Morgan fingerprint density at radius 3 is 1.87 bits per heavy atom. The number of hydrogen-bond acceptors (Lipinski definition) is 9. The van der Waals surface area contributed by atoms with E-state index in [0.717, 1.165) is 38.5 Å². The van der Waals surface area contributed by atoms with E-state index < -0.39 is 35.7 Å². The fourth-order valence-electron chi connectivity index (χ4n) is 7.69. The summed E-state index contributed by atoms with van der Waals surface area (Å²) in [5, 5.41) is 0.608. The highest BCUT2D eigenvalue weighted by molar-refractivity contribution is 5.83. The standard InChI is InChI=1S/C36H50O9/c1-19(2)24-13-9-21(5)17-27(24)40-34(38)43-32-30-26(15-11-23-12-16-29(37)42-31(23)30)45-36(7,8)33(32)44-35(39)41-28-18-22(6)10-14-25(28)20(3)4/h11-12,15-16,19-22,24-25,27-28,32-33H,9-10,13-14,17-18H2,1-8H3/t21-,22+,24+,25-,27-,28+,32?,33?/m0/s1. The minimum Gasteiger partial charge on any atom is -0.483 e. The van der Waals surface area contributed by atoms with Gasteiger partial charge in [0.15, 0.2) is 12.2 Å². The minimum atomic E-state index is -1.19. The Kier molecular flexibility index (Phi) is 9.76. The molecule has 0 radical (unpaired) electrons. The number of rotatable bonds is 6. The molecule has 8 atom stereocenters. The molecule has 2 saturated carbocycles. The molecule has 0 spiro atoms. The molecule has 2 heterocycles. The van der Waals surface area contributed by atoms with E-state index in [2.05, 4.69) is 41.5 Å². The molecule has 0 amide bonds. The summed E-state index contributed by atoms with van der Waals surface area (Å²) < 4.78 is 36.2. The van der Waals surface area contributed by atoms with Crippen molar-refractivity contribution in [3.63, 3.8) is 0 Å². The van der Waals surface area contributed by atoms with E-state index >= 15 is 0 Å². The van der Waals surface area contributed by atoms with Crippen LogP contribution in [0.4, 0.5) is 9.59 Å². The van der Waals surface area contributed by atoms with Gasteiger partial charge in [0.05, 0.1) is 5.56 Å². The van der Waals surface area contributed by atoms with Crippen LogP contribution in [0.5, 0.6) is 5.75 Å². The summed E-state index contributed by atoms with van der Waals surface area (Å²) in [6.07, 6.45) is 0.978. The van der Waals surface area contributed by atoms with Crippen LogP contribution in [0.2, 0.25) is 0 Å². The smallest absolute Gasteiger partial charge is 0.483 e. The van der Waals surface area contributed by atoms with Crippen LogP contribution in [-0.2, 0) is 18.9 Å². The van der Waals surface area contributed by atoms with Crippen molar-refractivity contribution < 1.29 is 37.7 Å². The molecule has 0 N–H and O–H groups in total.